The predicted molar refractivity (Wildman–Crippen MR) is 52.0 cm³/mol. The summed E-state index contributed by atoms with van der Waals surface area (Å²) in [6.45, 7) is -0.231. The van der Waals surface area contributed by atoms with Gasteiger partial charge in [0.25, 0.3) is 0 Å². The fraction of sp³-hybridized carbons (Fsp3) is 0.333. The second-order valence-corrected chi connectivity index (χ2v) is 3.26. The Kier molecular flexibility index (Phi) is 3.69. The lowest BCUT2D eigenvalue weighted by Gasteiger charge is -2.15. The third-order valence-corrected chi connectivity index (χ3v) is 2.27. The molecule has 78 valence electrons. The summed E-state index contributed by atoms with van der Waals surface area (Å²) in [5.41, 5.74) is 0.289. The van der Waals surface area contributed by atoms with E-state index in [1.54, 1.807) is 7.05 Å². The van der Waals surface area contributed by atoms with Crippen molar-refractivity contribution in [3.8, 4) is 5.75 Å². The molecule has 1 aromatic carbocycles. The van der Waals surface area contributed by atoms with Crippen LogP contribution in [-0.4, -0.2) is 23.9 Å². The first kappa shape index (κ1) is 11.2. The molecule has 0 fully saturated rings. The molecule has 5 heteroatoms. The summed E-state index contributed by atoms with van der Waals surface area (Å²) in [4.78, 5) is 0. The van der Waals surface area contributed by atoms with Gasteiger partial charge in [0.1, 0.15) is 11.6 Å². The summed E-state index contributed by atoms with van der Waals surface area (Å²) in [6, 6.07) is 1.73. The third kappa shape index (κ3) is 2.15. The molecule has 0 heterocycles. The average molecular weight is 220 g/mol. The van der Waals surface area contributed by atoms with Crippen LogP contribution >= 0.6 is 11.6 Å². The molecular formula is C9H11ClFNO2. The van der Waals surface area contributed by atoms with Gasteiger partial charge < -0.3 is 15.5 Å². The molecule has 0 saturated heterocycles. The fourth-order valence-electron chi connectivity index (χ4n) is 1.18. The van der Waals surface area contributed by atoms with Gasteiger partial charge in [-0.25, -0.2) is 4.39 Å². The lowest BCUT2D eigenvalue weighted by atomic mass is 10.1. The molecule has 0 radical (unpaired) electrons. The largest absolute Gasteiger partial charge is 0.508 e. The number of aliphatic hydroxyl groups is 1. The second kappa shape index (κ2) is 4.59. The van der Waals surface area contributed by atoms with Gasteiger partial charge in [-0.15, -0.1) is 0 Å². The van der Waals surface area contributed by atoms with Crippen LogP contribution in [0, 0.1) is 5.82 Å². The van der Waals surface area contributed by atoms with E-state index in [9.17, 15) is 9.50 Å². The number of likely N-dealkylation sites (N-methyl/N-ethyl adjacent to an activating group) is 1. The van der Waals surface area contributed by atoms with E-state index in [2.05, 4.69) is 5.32 Å². The monoisotopic (exact) mass is 219 g/mol. The molecule has 14 heavy (non-hydrogen) atoms. The molecule has 0 aliphatic carbocycles. The number of rotatable bonds is 3. The lowest BCUT2D eigenvalue weighted by Crippen LogP contribution is -2.20. The lowest BCUT2D eigenvalue weighted by molar-refractivity contribution is 0.248. The van der Waals surface area contributed by atoms with Crippen molar-refractivity contribution in [2.75, 3.05) is 13.7 Å². The molecule has 3 nitrogen and oxygen atoms in total. The van der Waals surface area contributed by atoms with Crippen molar-refractivity contribution >= 4 is 11.6 Å². The molecule has 1 unspecified atom stereocenters. The summed E-state index contributed by atoms with van der Waals surface area (Å²) in [5.74, 6) is -0.752. The highest BCUT2D eigenvalue weighted by Crippen LogP contribution is 2.29. The Morgan fingerprint density at radius 1 is 1.57 bits per heavy atom. The van der Waals surface area contributed by atoms with Crippen LogP contribution in [0.3, 0.4) is 0 Å². The van der Waals surface area contributed by atoms with Gasteiger partial charge in [0.2, 0.25) is 0 Å². The van der Waals surface area contributed by atoms with E-state index in [1.807, 2.05) is 0 Å². The SMILES string of the molecule is CNC(CO)c1cc(F)c(Cl)cc1O. The highest BCUT2D eigenvalue weighted by molar-refractivity contribution is 6.30. The summed E-state index contributed by atoms with van der Waals surface area (Å²) < 4.78 is 13.0. The van der Waals surface area contributed by atoms with Crippen molar-refractivity contribution in [2.45, 2.75) is 6.04 Å². The number of hydrogen-bond donors (Lipinski definition) is 3. The molecular weight excluding hydrogens is 209 g/mol. The Morgan fingerprint density at radius 3 is 2.71 bits per heavy atom. The number of halogens is 2. The number of phenols is 1. The minimum Gasteiger partial charge on any atom is -0.508 e. The zero-order valence-corrected chi connectivity index (χ0v) is 8.35. The van der Waals surface area contributed by atoms with E-state index in [4.69, 9.17) is 16.7 Å². The third-order valence-electron chi connectivity index (χ3n) is 1.98. The van der Waals surface area contributed by atoms with Gasteiger partial charge in [0, 0.05) is 11.6 Å². The smallest absolute Gasteiger partial charge is 0.142 e. The van der Waals surface area contributed by atoms with Crippen molar-refractivity contribution in [3.05, 3.63) is 28.5 Å². The van der Waals surface area contributed by atoms with E-state index in [-0.39, 0.29) is 22.9 Å². The Labute approximate surface area is 86.1 Å². The van der Waals surface area contributed by atoms with E-state index in [0.717, 1.165) is 12.1 Å². The Morgan fingerprint density at radius 2 is 2.21 bits per heavy atom. The number of nitrogens with one attached hydrogen (secondary N) is 1. The van der Waals surface area contributed by atoms with Crippen molar-refractivity contribution in [3.63, 3.8) is 0 Å². The van der Waals surface area contributed by atoms with Gasteiger partial charge in [0.15, 0.2) is 0 Å². The van der Waals surface area contributed by atoms with Crippen LogP contribution in [0.2, 0.25) is 5.02 Å². The van der Waals surface area contributed by atoms with Gasteiger partial charge in [-0.3, -0.25) is 0 Å². The molecule has 1 aromatic rings. The van der Waals surface area contributed by atoms with Crippen LogP contribution in [-0.2, 0) is 0 Å². The van der Waals surface area contributed by atoms with Crippen molar-refractivity contribution in [1.82, 2.24) is 5.32 Å². The van der Waals surface area contributed by atoms with Crippen LogP contribution in [0.4, 0.5) is 4.39 Å². The van der Waals surface area contributed by atoms with Crippen LogP contribution < -0.4 is 5.32 Å². The fourth-order valence-corrected chi connectivity index (χ4v) is 1.33. The topological polar surface area (TPSA) is 52.5 Å². The van der Waals surface area contributed by atoms with E-state index in [0.29, 0.717) is 0 Å². The first-order chi connectivity index (χ1) is 6.60. The van der Waals surface area contributed by atoms with Gasteiger partial charge in [0.05, 0.1) is 17.7 Å². The summed E-state index contributed by atoms with van der Waals surface area (Å²) in [6.07, 6.45) is 0. The Bertz CT molecular complexity index is 329. The first-order valence-corrected chi connectivity index (χ1v) is 4.44. The van der Waals surface area contributed by atoms with Crippen LogP contribution in [0.1, 0.15) is 11.6 Å². The summed E-state index contributed by atoms with van der Waals surface area (Å²) in [5, 5.41) is 21.0. The van der Waals surface area contributed by atoms with Crippen LogP contribution in [0.15, 0.2) is 12.1 Å². The zero-order valence-electron chi connectivity index (χ0n) is 7.59. The highest BCUT2D eigenvalue weighted by atomic mass is 35.5. The van der Waals surface area contributed by atoms with E-state index in [1.165, 1.54) is 0 Å². The predicted octanol–water partition coefficient (Wildman–Crippen LogP) is 1.44. The average Bonchev–Trinajstić information content (AvgIpc) is 2.15. The highest BCUT2D eigenvalue weighted by Gasteiger charge is 2.15. The molecule has 0 aromatic heterocycles. The molecule has 0 aliphatic rings. The number of aliphatic hydroxyl groups excluding tert-OH is 1. The number of hydrogen-bond acceptors (Lipinski definition) is 3. The van der Waals surface area contributed by atoms with Crippen LogP contribution in [0.25, 0.3) is 0 Å². The quantitative estimate of drug-likeness (QED) is 0.721. The number of aromatic hydroxyl groups is 1. The molecule has 0 amide bonds. The van der Waals surface area contributed by atoms with E-state index < -0.39 is 11.9 Å². The maximum absolute atomic E-state index is 13.0. The van der Waals surface area contributed by atoms with Crippen LogP contribution in [0.5, 0.6) is 5.75 Å². The minimum absolute atomic E-state index is 0.134. The molecule has 1 rings (SSSR count). The Balaban J connectivity index is 3.14. The van der Waals surface area contributed by atoms with Crippen molar-refractivity contribution in [2.24, 2.45) is 0 Å². The number of benzene rings is 1. The van der Waals surface area contributed by atoms with Gasteiger partial charge >= 0.3 is 0 Å². The molecule has 1 atom stereocenters. The summed E-state index contributed by atoms with van der Waals surface area (Å²) >= 11 is 5.46. The molecule has 0 bridgehead atoms. The van der Waals surface area contributed by atoms with Gasteiger partial charge in [-0.1, -0.05) is 11.6 Å². The molecule has 3 N–H and O–H groups in total. The molecule has 0 saturated carbocycles. The van der Waals surface area contributed by atoms with Gasteiger partial charge in [-0.2, -0.15) is 0 Å². The van der Waals surface area contributed by atoms with E-state index >= 15 is 0 Å². The summed E-state index contributed by atoms with van der Waals surface area (Å²) in [7, 11) is 1.60. The standard InChI is InChI=1S/C9H11ClFNO2/c1-12-8(4-13)5-2-7(11)6(10)3-9(5)14/h2-3,8,12-14H,4H2,1H3. The maximum Gasteiger partial charge on any atom is 0.142 e. The maximum atomic E-state index is 13.0. The van der Waals surface area contributed by atoms with Gasteiger partial charge in [-0.05, 0) is 13.1 Å². The molecule has 0 spiro atoms. The van der Waals surface area contributed by atoms with Crippen molar-refractivity contribution in [1.29, 1.82) is 0 Å². The first-order valence-electron chi connectivity index (χ1n) is 4.06. The Hall–Kier alpha value is -0.840. The zero-order chi connectivity index (χ0) is 10.7. The van der Waals surface area contributed by atoms with Crippen molar-refractivity contribution < 1.29 is 14.6 Å². The molecule has 0 aliphatic heterocycles. The normalized spacial score (nSPS) is 12.9. The number of phenolic OH excluding ortho intramolecular Hbond substituents is 1. The minimum atomic E-state index is -0.617. The second-order valence-electron chi connectivity index (χ2n) is 2.85.